The highest BCUT2D eigenvalue weighted by atomic mass is 79.9. The number of allylic oxidation sites excluding steroid dienone is 2. The van der Waals surface area contributed by atoms with Crippen LogP contribution >= 0.6 is 15.9 Å². The van der Waals surface area contributed by atoms with Gasteiger partial charge in [0.15, 0.2) is 0 Å². The van der Waals surface area contributed by atoms with Gasteiger partial charge in [-0.3, -0.25) is 4.79 Å². The quantitative estimate of drug-likeness (QED) is 0.459. The molecule has 4 aliphatic rings. The van der Waals surface area contributed by atoms with E-state index in [2.05, 4.69) is 35.9 Å². The molecule has 3 saturated carbocycles. The van der Waals surface area contributed by atoms with Crippen molar-refractivity contribution in [2.24, 2.45) is 35.0 Å². The summed E-state index contributed by atoms with van der Waals surface area (Å²) >= 11 is 3.42. The van der Waals surface area contributed by atoms with Gasteiger partial charge >= 0.3 is 0 Å². The van der Waals surface area contributed by atoms with Crippen LogP contribution in [0, 0.1) is 35.0 Å². The van der Waals surface area contributed by atoms with E-state index in [4.69, 9.17) is 0 Å². The second kappa shape index (κ2) is 7.03. The van der Waals surface area contributed by atoms with E-state index >= 15 is 0 Å². The van der Waals surface area contributed by atoms with Gasteiger partial charge in [-0.15, -0.1) is 0 Å². The molecule has 0 unspecified atom stereocenters. The van der Waals surface area contributed by atoms with Gasteiger partial charge < -0.3 is 5.11 Å². The molecular formula is C23H35BrO2. The van der Waals surface area contributed by atoms with Gasteiger partial charge in [0.1, 0.15) is 5.78 Å². The molecule has 0 aliphatic heterocycles. The molecule has 0 aromatic heterocycles. The number of alkyl halides is 1. The van der Waals surface area contributed by atoms with E-state index in [-0.39, 0.29) is 11.3 Å². The first-order valence-electron chi connectivity index (χ1n) is 10.8. The van der Waals surface area contributed by atoms with Crippen molar-refractivity contribution >= 4 is 21.7 Å². The van der Waals surface area contributed by atoms with E-state index in [9.17, 15) is 9.90 Å². The predicted octanol–water partition coefficient (Wildman–Crippen LogP) is 5.67. The lowest BCUT2D eigenvalue weighted by molar-refractivity contribution is -0.124. The third-order valence-corrected chi connectivity index (χ3v) is 9.15. The fourth-order valence-electron chi connectivity index (χ4n) is 7.36. The van der Waals surface area contributed by atoms with Crippen molar-refractivity contribution in [3.8, 4) is 0 Å². The highest BCUT2D eigenvalue weighted by Crippen LogP contribution is 2.60. The Morgan fingerprint density at radius 2 is 2.04 bits per heavy atom. The van der Waals surface area contributed by atoms with Crippen LogP contribution < -0.4 is 0 Å². The van der Waals surface area contributed by atoms with Crippen molar-refractivity contribution in [1.82, 2.24) is 0 Å². The molecule has 0 heterocycles. The number of aliphatic hydroxyl groups is 1. The molecule has 7 atom stereocenters. The Labute approximate surface area is 167 Å². The van der Waals surface area contributed by atoms with Gasteiger partial charge in [-0.05, 0) is 87.4 Å². The number of halogens is 1. The lowest BCUT2D eigenvalue weighted by atomic mass is 9.57. The molecule has 0 aromatic rings. The van der Waals surface area contributed by atoms with Gasteiger partial charge in [-0.25, -0.2) is 0 Å². The van der Waals surface area contributed by atoms with Gasteiger partial charge in [0.2, 0.25) is 0 Å². The molecule has 26 heavy (non-hydrogen) atoms. The van der Waals surface area contributed by atoms with E-state index in [0.29, 0.717) is 34.8 Å². The minimum atomic E-state index is -0.469. The number of carbonyl (C=O) groups excluding carboxylic acids is 1. The zero-order chi connectivity index (χ0) is 18.5. The average molecular weight is 423 g/mol. The van der Waals surface area contributed by atoms with Gasteiger partial charge in [-0.2, -0.15) is 0 Å². The number of rotatable bonds is 2. The topological polar surface area (TPSA) is 37.3 Å². The molecule has 0 amide bonds. The van der Waals surface area contributed by atoms with Crippen molar-refractivity contribution in [3.05, 3.63) is 11.6 Å². The maximum absolute atomic E-state index is 12.6. The lowest BCUT2D eigenvalue weighted by Gasteiger charge is -2.47. The van der Waals surface area contributed by atoms with Crippen molar-refractivity contribution in [1.29, 1.82) is 0 Å². The third-order valence-electron chi connectivity index (χ3n) is 8.60. The van der Waals surface area contributed by atoms with Crippen LogP contribution in [0.5, 0.6) is 0 Å². The first-order valence-corrected chi connectivity index (χ1v) is 12.0. The highest BCUT2D eigenvalue weighted by Gasteiger charge is 2.54. The van der Waals surface area contributed by atoms with E-state index < -0.39 is 5.60 Å². The lowest BCUT2D eigenvalue weighted by Crippen LogP contribution is -2.41. The maximum Gasteiger partial charge on any atom is 0.147 e. The summed E-state index contributed by atoms with van der Waals surface area (Å²) in [5.74, 6) is 3.42. The molecule has 0 spiro atoms. The largest absolute Gasteiger partial charge is 0.390 e. The molecule has 1 N–H and O–H groups in total. The molecule has 0 aromatic carbocycles. The molecule has 3 fully saturated rings. The van der Waals surface area contributed by atoms with E-state index in [0.717, 1.165) is 32.1 Å². The fraction of sp³-hybridized carbons (Fsp3) is 0.870. The molecule has 4 rings (SSSR count). The summed E-state index contributed by atoms with van der Waals surface area (Å²) in [5, 5.41) is 11.2. The molecular weight excluding hydrogens is 388 g/mol. The van der Waals surface area contributed by atoms with Crippen molar-refractivity contribution in [2.75, 3.05) is 5.33 Å². The van der Waals surface area contributed by atoms with Gasteiger partial charge in [0.05, 0.1) is 10.9 Å². The zero-order valence-corrected chi connectivity index (χ0v) is 18.1. The van der Waals surface area contributed by atoms with Crippen LogP contribution in [0.15, 0.2) is 11.6 Å². The molecule has 2 nitrogen and oxygen atoms in total. The molecule has 2 bridgehead atoms. The van der Waals surface area contributed by atoms with Gasteiger partial charge in [-0.1, -0.05) is 47.3 Å². The summed E-state index contributed by atoms with van der Waals surface area (Å²) in [6.45, 7) is 4.46. The third kappa shape index (κ3) is 3.26. The Balaban J connectivity index is 1.63. The Bertz CT molecular complexity index is 595. The molecule has 4 aliphatic carbocycles. The molecule has 3 heteroatoms. The number of Topliss-reactive ketones (excluding diaryl/α,β-unsaturated/α-hetero) is 1. The van der Waals surface area contributed by atoms with Gasteiger partial charge in [0, 0.05) is 5.92 Å². The van der Waals surface area contributed by atoms with Crippen molar-refractivity contribution < 1.29 is 9.90 Å². The second-order valence-electron chi connectivity index (χ2n) is 10.3. The smallest absolute Gasteiger partial charge is 0.147 e. The van der Waals surface area contributed by atoms with Crippen molar-refractivity contribution in [3.63, 3.8) is 0 Å². The van der Waals surface area contributed by atoms with E-state index in [1.807, 2.05) is 0 Å². The fourth-order valence-corrected chi connectivity index (χ4v) is 7.75. The summed E-state index contributed by atoms with van der Waals surface area (Å²) in [6, 6.07) is 0. The Morgan fingerprint density at radius 3 is 2.81 bits per heavy atom. The highest BCUT2D eigenvalue weighted by molar-refractivity contribution is 9.09. The monoisotopic (exact) mass is 422 g/mol. The Kier molecular flexibility index (Phi) is 5.18. The van der Waals surface area contributed by atoms with Crippen LogP contribution in [0.2, 0.25) is 0 Å². The molecule has 0 saturated heterocycles. The van der Waals surface area contributed by atoms with Crippen LogP contribution in [0.3, 0.4) is 0 Å². The number of carbonyl (C=O) groups is 1. The first-order chi connectivity index (χ1) is 12.3. The minimum absolute atomic E-state index is 0.174. The summed E-state index contributed by atoms with van der Waals surface area (Å²) in [4.78, 5) is 12.6. The van der Waals surface area contributed by atoms with Crippen LogP contribution in [-0.4, -0.2) is 21.8 Å². The number of fused-ring (bicyclic) bond motifs is 6. The van der Waals surface area contributed by atoms with Gasteiger partial charge in [0.25, 0.3) is 0 Å². The van der Waals surface area contributed by atoms with Crippen LogP contribution in [0.25, 0.3) is 0 Å². The summed E-state index contributed by atoms with van der Waals surface area (Å²) in [6.07, 6.45) is 14.2. The average Bonchev–Trinajstić information content (AvgIpc) is 2.83. The van der Waals surface area contributed by atoms with Crippen LogP contribution in [-0.2, 0) is 4.79 Å². The van der Waals surface area contributed by atoms with E-state index in [1.54, 1.807) is 5.57 Å². The SMILES string of the molecule is C[C@@]1(O)CC[C@@H]2C[C@@H](CCC[C@H]3C2=CC[C@]2(C)[C@@H](C(=O)CBr)CC[C@@H]32)C1. The van der Waals surface area contributed by atoms with Crippen LogP contribution in [0.1, 0.15) is 78.1 Å². The minimum Gasteiger partial charge on any atom is -0.390 e. The normalized spacial score (nSPS) is 48.5. The first kappa shape index (κ1) is 19.2. The maximum atomic E-state index is 12.6. The number of hydrogen-bond acceptors (Lipinski definition) is 2. The zero-order valence-electron chi connectivity index (χ0n) is 16.5. The molecule has 146 valence electrons. The predicted molar refractivity (Wildman–Crippen MR) is 109 cm³/mol. The van der Waals surface area contributed by atoms with Crippen molar-refractivity contribution in [2.45, 2.75) is 83.7 Å². The van der Waals surface area contributed by atoms with E-state index in [1.165, 1.54) is 32.1 Å². The summed E-state index contributed by atoms with van der Waals surface area (Å²) < 4.78 is 0. The number of ketones is 1. The number of hydrogen-bond donors (Lipinski definition) is 1. The molecule has 0 radical (unpaired) electrons. The van der Waals surface area contributed by atoms with Crippen LogP contribution in [0.4, 0.5) is 0 Å². The Morgan fingerprint density at radius 1 is 1.23 bits per heavy atom. The second-order valence-corrected chi connectivity index (χ2v) is 10.9. The summed E-state index contributed by atoms with van der Waals surface area (Å²) in [5.41, 5.74) is 1.43. The standard InChI is InChI=1S/C23H35BrO2/c1-22(26)10-8-16-12-15(13-22)4-3-5-18-17(16)9-11-23(2)19(18)6-7-20(23)21(25)14-24/h9,15-16,18-20,26H,3-8,10-14H2,1-2H3/t15-,16-,18+,19+,20-,22-,23+/m1/s1. The Hall–Kier alpha value is -0.150. The summed E-state index contributed by atoms with van der Waals surface area (Å²) in [7, 11) is 0.